The summed E-state index contributed by atoms with van der Waals surface area (Å²) in [7, 11) is 0. The van der Waals surface area contributed by atoms with Crippen LogP contribution in [0.5, 0.6) is 0 Å². The molecule has 0 bridgehead atoms. The number of benzene rings is 1. The standard InChI is InChI=1S/C26H31ClN4O3S/c27-22-6-5-21(35-22)24(32)28-20-7-11-30-17-31(25(33)23(20)30)19-3-1-18(2-4-19)26(8-9-26)10-12-29-13-15-34-16-14-29/h1-6,20,23H,7-17H2,(H,28,32)/t20-,23+/m1/s1. The number of hydrogen-bond donors (Lipinski definition) is 1. The van der Waals surface area contributed by atoms with Crippen molar-refractivity contribution < 1.29 is 14.3 Å². The molecule has 9 heteroatoms. The van der Waals surface area contributed by atoms with E-state index in [9.17, 15) is 9.59 Å². The van der Waals surface area contributed by atoms with E-state index >= 15 is 0 Å². The van der Waals surface area contributed by atoms with Crippen LogP contribution in [0.1, 0.15) is 40.9 Å². The van der Waals surface area contributed by atoms with Gasteiger partial charge in [-0.3, -0.25) is 24.3 Å². The fourth-order valence-electron chi connectivity index (χ4n) is 5.82. The number of ether oxygens (including phenoxy) is 1. The van der Waals surface area contributed by atoms with E-state index in [-0.39, 0.29) is 23.9 Å². The van der Waals surface area contributed by atoms with Crippen molar-refractivity contribution in [1.82, 2.24) is 15.1 Å². The highest BCUT2D eigenvalue weighted by atomic mass is 35.5. The molecule has 2 amide bonds. The van der Waals surface area contributed by atoms with Crippen molar-refractivity contribution >= 4 is 40.4 Å². The van der Waals surface area contributed by atoms with Gasteiger partial charge in [0.05, 0.1) is 35.1 Å². The van der Waals surface area contributed by atoms with Gasteiger partial charge in [-0.2, -0.15) is 0 Å². The van der Waals surface area contributed by atoms with E-state index in [1.807, 2.05) is 4.90 Å². The summed E-state index contributed by atoms with van der Waals surface area (Å²) < 4.78 is 6.06. The number of anilines is 1. The monoisotopic (exact) mass is 514 g/mol. The van der Waals surface area contributed by atoms with Crippen LogP contribution in [0.4, 0.5) is 5.69 Å². The molecule has 1 aliphatic carbocycles. The molecule has 1 aromatic carbocycles. The van der Waals surface area contributed by atoms with Gasteiger partial charge >= 0.3 is 0 Å². The lowest BCUT2D eigenvalue weighted by molar-refractivity contribution is -0.119. The van der Waals surface area contributed by atoms with E-state index in [1.54, 1.807) is 12.1 Å². The molecule has 35 heavy (non-hydrogen) atoms. The molecule has 4 aliphatic rings. The zero-order valence-corrected chi connectivity index (χ0v) is 21.3. The first kappa shape index (κ1) is 23.4. The topological polar surface area (TPSA) is 65.1 Å². The largest absolute Gasteiger partial charge is 0.379 e. The quantitative estimate of drug-likeness (QED) is 0.614. The first-order chi connectivity index (χ1) is 17.0. The second-order valence-electron chi connectivity index (χ2n) is 10.2. The molecule has 4 heterocycles. The molecule has 7 nitrogen and oxygen atoms in total. The van der Waals surface area contributed by atoms with Crippen molar-refractivity contribution in [2.24, 2.45) is 0 Å². The molecular weight excluding hydrogens is 484 g/mol. The Bertz CT molecular complexity index is 1100. The fourth-order valence-corrected chi connectivity index (χ4v) is 6.76. The second kappa shape index (κ2) is 9.48. The average Bonchev–Trinajstić information content (AvgIpc) is 3.18. The number of amides is 2. The predicted octanol–water partition coefficient (Wildman–Crippen LogP) is 3.33. The fraction of sp³-hybridized carbons (Fsp3) is 0.538. The number of carbonyl (C=O) groups excluding carboxylic acids is 2. The van der Waals surface area contributed by atoms with Crippen LogP contribution in [0.25, 0.3) is 0 Å². The molecule has 2 aromatic rings. The third kappa shape index (κ3) is 4.62. The first-order valence-electron chi connectivity index (χ1n) is 12.5. The number of thiophene rings is 1. The normalized spacial score (nSPS) is 26.2. The molecule has 6 rings (SSSR count). The van der Waals surface area contributed by atoms with E-state index in [1.165, 1.54) is 36.2 Å². The highest BCUT2D eigenvalue weighted by Crippen LogP contribution is 2.51. The first-order valence-corrected chi connectivity index (χ1v) is 13.7. The van der Waals surface area contributed by atoms with Crippen LogP contribution in [0.15, 0.2) is 36.4 Å². The van der Waals surface area contributed by atoms with E-state index in [4.69, 9.17) is 16.3 Å². The lowest BCUT2D eigenvalue weighted by Crippen LogP contribution is -2.46. The molecule has 4 fully saturated rings. The number of carbonyl (C=O) groups is 2. The summed E-state index contributed by atoms with van der Waals surface area (Å²) in [5.74, 6) is -0.0885. The zero-order valence-electron chi connectivity index (χ0n) is 19.7. The van der Waals surface area contributed by atoms with Crippen molar-refractivity contribution in [2.75, 3.05) is 51.0 Å². The molecule has 186 valence electrons. The van der Waals surface area contributed by atoms with Gasteiger partial charge in [-0.15, -0.1) is 11.3 Å². The van der Waals surface area contributed by atoms with E-state index in [2.05, 4.69) is 39.4 Å². The third-order valence-corrected chi connectivity index (χ3v) is 9.34. The lowest BCUT2D eigenvalue weighted by atomic mass is 9.92. The Morgan fingerprint density at radius 3 is 2.57 bits per heavy atom. The maximum atomic E-state index is 13.4. The van der Waals surface area contributed by atoms with Gasteiger partial charge in [0.2, 0.25) is 5.91 Å². The van der Waals surface area contributed by atoms with Gasteiger partial charge in [0.1, 0.15) is 6.04 Å². The summed E-state index contributed by atoms with van der Waals surface area (Å²) in [5, 5.41) is 3.07. The minimum Gasteiger partial charge on any atom is -0.379 e. The van der Waals surface area contributed by atoms with Crippen molar-refractivity contribution in [3.05, 3.63) is 51.2 Å². The summed E-state index contributed by atoms with van der Waals surface area (Å²) in [5.41, 5.74) is 2.62. The number of nitrogens with one attached hydrogen (secondary N) is 1. The lowest BCUT2D eigenvalue weighted by Gasteiger charge is -2.28. The summed E-state index contributed by atoms with van der Waals surface area (Å²) in [6.45, 7) is 6.25. The van der Waals surface area contributed by atoms with Gasteiger partial charge < -0.3 is 10.1 Å². The van der Waals surface area contributed by atoms with Crippen LogP contribution in [0.2, 0.25) is 4.34 Å². The molecule has 1 aromatic heterocycles. The van der Waals surface area contributed by atoms with Crippen molar-refractivity contribution in [3.63, 3.8) is 0 Å². The summed E-state index contributed by atoms with van der Waals surface area (Å²) in [6, 6.07) is 11.6. The van der Waals surface area contributed by atoms with E-state index in [0.717, 1.165) is 51.5 Å². The van der Waals surface area contributed by atoms with Crippen LogP contribution in [0.3, 0.4) is 0 Å². The van der Waals surface area contributed by atoms with Crippen LogP contribution < -0.4 is 10.2 Å². The van der Waals surface area contributed by atoms with Gasteiger partial charge in [0, 0.05) is 25.3 Å². The highest BCUT2D eigenvalue weighted by Gasteiger charge is 2.48. The number of fused-ring (bicyclic) bond motifs is 1. The highest BCUT2D eigenvalue weighted by molar-refractivity contribution is 7.18. The van der Waals surface area contributed by atoms with Crippen molar-refractivity contribution in [1.29, 1.82) is 0 Å². The molecule has 0 radical (unpaired) electrons. The average molecular weight is 515 g/mol. The van der Waals surface area contributed by atoms with Gasteiger partial charge in [-0.1, -0.05) is 23.7 Å². The van der Waals surface area contributed by atoms with Crippen LogP contribution >= 0.6 is 22.9 Å². The maximum absolute atomic E-state index is 13.4. The molecule has 3 aliphatic heterocycles. The summed E-state index contributed by atoms with van der Waals surface area (Å²) >= 11 is 7.24. The van der Waals surface area contributed by atoms with Crippen molar-refractivity contribution in [2.45, 2.75) is 43.2 Å². The molecule has 1 saturated carbocycles. The number of nitrogens with zero attached hydrogens (tertiary/aromatic N) is 3. The van der Waals surface area contributed by atoms with Gasteiger partial charge in [-0.25, -0.2) is 0 Å². The Balaban J connectivity index is 1.09. The Hall–Kier alpha value is -1.97. The minimum absolute atomic E-state index is 0.0678. The van der Waals surface area contributed by atoms with Crippen LogP contribution in [-0.2, 0) is 14.9 Å². The molecular formula is C26H31ClN4O3S. The van der Waals surface area contributed by atoms with Gasteiger partial charge in [0.25, 0.3) is 5.91 Å². The predicted molar refractivity (Wildman–Crippen MR) is 137 cm³/mol. The third-order valence-electron chi connectivity index (χ3n) is 8.11. The number of hydrogen-bond acceptors (Lipinski definition) is 6. The molecule has 1 N–H and O–H groups in total. The number of rotatable bonds is 7. The second-order valence-corrected chi connectivity index (χ2v) is 11.9. The molecule has 3 saturated heterocycles. The van der Waals surface area contributed by atoms with Gasteiger partial charge in [-0.05, 0) is 67.5 Å². The Morgan fingerprint density at radius 2 is 1.89 bits per heavy atom. The smallest absolute Gasteiger partial charge is 0.261 e. The molecule has 0 spiro atoms. The van der Waals surface area contributed by atoms with Crippen molar-refractivity contribution in [3.8, 4) is 0 Å². The minimum atomic E-state index is -0.308. The Kier molecular flexibility index (Phi) is 6.35. The van der Waals surface area contributed by atoms with E-state index < -0.39 is 0 Å². The molecule has 2 atom stereocenters. The summed E-state index contributed by atoms with van der Waals surface area (Å²) in [6.07, 6.45) is 4.44. The zero-order chi connectivity index (χ0) is 24.0. The van der Waals surface area contributed by atoms with Gasteiger partial charge in [0.15, 0.2) is 0 Å². The Morgan fingerprint density at radius 1 is 1.11 bits per heavy atom. The van der Waals surface area contributed by atoms with Crippen LogP contribution in [-0.4, -0.2) is 79.8 Å². The SMILES string of the molecule is O=C(N[C@@H]1CCN2CN(c3ccc(C4(CCN5CCOCC5)CC4)cc3)C(=O)[C@H]12)c1ccc(Cl)s1. The molecule has 0 unspecified atom stereocenters. The number of morpholine rings is 1. The maximum Gasteiger partial charge on any atom is 0.261 e. The summed E-state index contributed by atoms with van der Waals surface area (Å²) in [4.78, 5) is 33.2. The van der Waals surface area contributed by atoms with Crippen LogP contribution in [0, 0.1) is 0 Å². The Labute approximate surface area is 215 Å². The number of halogens is 1. The van der Waals surface area contributed by atoms with E-state index in [0.29, 0.717) is 21.3 Å².